The molecule has 0 bridgehead atoms. The zero-order valence-electron chi connectivity index (χ0n) is 11.8. The van der Waals surface area contributed by atoms with Gasteiger partial charge in [0.25, 0.3) is 0 Å². The fraction of sp³-hybridized carbons (Fsp3) is 0.400. The zero-order chi connectivity index (χ0) is 14.8. The van der Waals surface area contributed by atoms with Gasteiger partial charge in [-0.3, -0.25) is 0 Å². The van der Waals surface area contributed by atoms with Crippen LogP contribution in [0, 0.1) is 11.6 Å². The summed E-state index contributed by atoms with van der Waals surface area (Å²) in [4.78, 5) is 5.42. The Balaban J connectivity index is 2.02. The molecule has 2 aromatic rings. The van der Waals surface area contributed by atoms with Crippen molar-refractivity contribution in [1.82, 2.24) is 10.3 Å². The number of hydrogen-bond acceptors (Lipinski definition) is 3. The second-order valence-electron chi connectivity index (χ2n) is 5.78. The van der Waals surface area contributed by atoms with Crippen molar-refractivity contribution < 1.29 is 8.78 Å². The normalized spacial score (nSPS) is 11.8. The van der Waals surface area contributed by atoms with E-state index in [1.807, 2.05) is 6.20 Å². The molecule has 0 aliphatic carbocycles. The van der Waals surface area contributed by atoms with Crippen LogP contribution in [0.4, 0.5) is 8.78 Å². The Morgan fingerprint density at radius 3 is 2.40 bits per heavy atom. The van der Waals surface area contributed by atoms with Crippen LogP contribution in [0.25, 0.3) is 0 Å². The van der Waals surface area contributed by atoms with Crippen LogP contribution in [-0.4, -0.2) is 10.5 Å². The lowest BCUT2D eigenvalue weighted by atomic mass is 10.1. The number of nitrogens with zero attached hydrogens (tertiary/aromatic N) is 1. The number of nitrogens with one attached hydrogen (secondary N) is 1. The largest absolute Gasteiger partial charge is 0.307 e. The predicted molar refractivity (Wildman–Crippen MR) is 77.9 cm³/mol. The molecule has 2 rings (SSSR count). The van der Waals surface area contributed by atoms with E-state index in [1.165, 1.54) is 12.1 Å². The van der Waals surface area contributed by atoms with Crippen molar-refractivity contribution in [1.29, 1.82) is 0 Å². The third-order valence-electron chi connectivity index (χ3n) is 2.67. The molecule has 0 spiro atoms. The first kappa shape index (κ1) is 15.1. The molecule has 1 heterocycles. The van der Waals surface area contributed by atoms with Crippen LogP contribution in [-0.2, 0) is 13.0 Å². The molecule has 0 fully saturated rings. The SMILES string of the molecule is CC(C)(C)NCc1cnc(Cc2cc(F)cc(F)c2)s1. The first-order chi connectivity index (χ1) is 9.32. The molecule has 1 aromatic heterocycles. The molecule has 5 heteroatoms. The third kappa shape index (κ3) is 4.65. The molecular weight excluding hydrogens is 278 g/mol. The summed E-state index contributed by atoms with van der Waals surface area (Å²) in [6.07, 6.45) is 2.27. The molecule has 0 aliphatic heterocycles. The summed E-state index contributed by atoms with van der Waals surface area (Å²) in [6.45, 7) is 7.05. The van der Waals surface area contributed by atoms with Gasteiger partial charge in [0, 0.05) is 35.6 Å². The molecule has 2 nitrogen and oxygen atoms in total. The Morgan fingerprint density at radius 2 is 1.80 bits per heavy atom. The fourth-order valence-electron chi connectivity index (χ4n) is 1.75. The summed E-state index contributed by atoms with van der Waals surface area (Å²) >= 11 is 1.56. The summed E-state index contributed by atoms with van der Waals surface area (Å²) in [5, 5.41) is 4.25. The molecule has 0 radical (unpaired) electrons. The molecule has 0 unspecified atom stereocenters. The minimum absolute atomic E-state index is 0.0514. The number of rotatable bonds is 4. The molecule has 1 aromatic carbocycles. The van der Waals surface area contributed by atoms with Crippen molar-refractivity contribution >= 4 is 11.3 Å². The van der Waals surface area contributed by atoms with Gasteiger partial charge in [0.1, 0.15) is 11.6 Å². The van der Waals surface area contributed by atoms with Gasteiger partial charge in [0.05, 0.1) is 5.01 Å². The molecule has 0 saturated heterocycles. The van der Waals surface area contributed by atoms with Gasteiger partial charge in [-0.15, -0.1) is 11.3 Å². The smallest absolute Gasteiger partial charge is 0.126 e. The Kier molecular flexibility index (Phi) is 4.50. The molecule has 0 atom stereocenters. The number of hydrogen-bond donors (Lipinski definition) is 1. The zero-order valence-corrected chi connectivity index (χ0v) is 12.7. The standard InChI is InChI=1S/C15H18F2N2S/c1-15(2,3)19-9-13-8-18-14(20-13)6-10-4-11(16)7-12(17)5-10/h4-5,7-8,19H,6,9H2,1-3H3. The highest BCUT2D eigenvalue weighted by atomic mass is 32.1. The van der Waals surface area contributed by atoms with Gasteiger partial charge in [-0.1, -0.05) is 0 Å². The summed E-state index contributed by atoms with van der Waals surface area (Å²) < 4.78 is 26.2. The Hall–Kier alpha value is -1.33. The van der Waals surface area contributed by atoms with E-state index >= 15 is 0 Å². The van der Waals surface area contributed by atoms with Gasteiger partial charge in [-0.25, -0.2) is 13.8 Å². The van der Waals surface area contributed by atoms with Gasteiger partial charge in [0.15, 0.2) is 0 Å². The maximum atomic E-state index is 13.1. The Bertz CT molecular complexity index is 568. The lowest BCUT2D eigenvalue weighted by Crippen LogP contribution is -2.34. The lowest BCUT2D eigenvalue weighted by molar-refractivity contribution is 0.426. The van der Waals surface area contributed by atoms with Crippen LogP contribution < -0.4 is 5.32 Å². The molecule has 108 valence electrons. The maximum absolute atomic E-state index is 13.1. The Labute approximate surface area is 121 Å². The average molecular weight is 296 g/mol. The van der Waals surface area contributed by atoms with Crippen LogP contribution in [0.1, 0.15) is 36.2 Å². The van der Waals surface area contributed by atoms with Crippen molar-refractivity contribution in [2.24, 2.45) is 0 Å². The summed E-state index contributed by atoms with van der Waals surface area (Å²) in [5.74, 6) is -1.10. The quantitative estimate of drug-likeness (QED) is 0.925. The van der Waals surface area contributed by atoms with Crippen LogP contribution in [0.3, 0.4) is 0 Å². The number of thiazole rings is 1. The van der Waals surface area contributed by atoms with Crippen molar-refractivity contribution in [3.63, 3.8) is 0 Å². The van der Waals surface area contributed by atoms with Gasteiger partial charge in [-0.05, 0) is 38.5 Å². The highest BCUT2D eigenvalue weighted by Crippen LogP contribution is 2.19. The molecular formula is C15H18F2N2S. The number of aromatic nitrogens is 1. The van der Waals surface area contributed by atoms with E-state index in [1.54, 1.807) is 11.3 Å². The average Bonchev–Trinajstić information content (AvgIpc) is 2.72. The monoisotopic (exact) mass is 296 g/mol. The first-order valence-electron chi connectivity index (χ1n) is 6.45. The van der Waals surface area contributed by atoms with Gasteiger partial charge in [-0.2, -0.15) is 0 Å². The van der Waals surface area contributed by atoms with E-state index in [-0.39, 0.29) is 5.54 Å². The second-order valence-corrected chi connectivity index (χ2v) is 6.98. The van der Waals surface area contributed by atoms with Crippen LogP contribution in [0.15, 0.2) is 24.4 Å². The summed E-state index contributed by atoms with van der Waals surface area (Å²) in [5.41, 5.74) is 0.655. The molecule has 0 aliphatic rings. The van der Waals surface area contributed by atoms with Crippen LogP contribution in [0.5, 0.6) is 0 Å². The number of halogens is 2. The van der Waals surface area contributed by atoms with Crippen molar-refractivity contribution in [2.45, 2.75) is 39.3 Å². The first-order valence-corrected chi connectivity index (χ1v) is 7.27. The van der Waals surface area contributed by atoms with E-state index in [9.17, 15) is 8.78 Å². The Morgan fingerprint density at radius 1 is 1.15 bits per heavy atom. The highest BCUT2D eigenvalue weighted by Gasteiger charge is 2.10. The predicted octanol–water partition coefficient (Wildman–Crippen LogP) is 3.90. The summed E-state index contributed by atoms with van der Waals surface area (Å²) in [7, 11) is 0. The highest BCUT2D eigenvalue weighted by molar-refractivity contribution is 7.11. The van der Waals surface area contributed by atoms with Crippen LogP contribution >= 0.6 is 11.3 Å². The number of benzene rings is 1. The van der Waals surface area contributed by atoms with Gasteiger partial charge >= 0.3 is 0 Å². The molecule has 0 amide bonds. The van der Waals surface area contributed by atoms with Gasteiger partial charge in [0.2, 0.25) is 0 Å². The van der Waals surface area contributed by atoms with E-state index in [2.05, 4.69) is 31.1 Å². The molecule has 1 N–H and O–H groups in total. The second kappa shape index (κ2) is 5.97. The van der Waals surface area contributed by atoms with E-state index < -0.39 is 11.6 Å². The van der Waals surface area contributed by atoms with Crippen molar-refractivity contribution in [3.05, 3.63) is 51.5 Å². The van der Waals surface area contributed by atoms with E-state index in [0.717, 1.165) is 22.5 Å². The van der Waals surface area contributed by atoms with Crippen molar-refractivity contribution in [3.8, 4) is 0 Å². The molecule has 20 heavy (non-hydrogen) atoms. The molecule has 0 saturated carbocycles. The van der Waals surface area contributed by atoms with E-state index in [0.29, 0.717) is 12.0 Å². The summed E-state index contributed by atoms with van der Waals surface area (Å²) in [6, 6.07) is 3.57. The van der Waals surface area contributed by atoms with E-state index in [4.69, 9.17) is 0 Å². The van der Waals surface area contributed by atoms with Crippen LogP contribution in [0.2, 0.25) is 0 Å². The fourth-order valence-corrected chi connectivity index (χ4v) is 2.65. The van der Waals surface area contributed by atoms with Crippen molar-refractivity contribution in [2.75, 3.05) is 0 Å². The minimum Gasteiger partial charge on any atom is -0.307 e. The lowest BCUT2D eigenvalue weighted by Gasteiger charge is -2.19. The topological polar surface area (TPSA) is 24.9 Å². The van der Waals surface area contributed by atoms with Gasteiger partial charge < -0.3 is 5.32 Å². The third-order valence-corrected chi connectivity index (χ3v) is 3.67. The minimum atomic E-state index is -0.550. The maximum Gasteiger partial charge on any atom is 0.126 e.